The summed E-state index contributed by atoms with van der Waals surface area (Å²) in [5.74, 6) is 0.296. The first-order valence-electron chi connectivity index (χ1n) is 7.44. The lowest BCUT2D eigenvalue weighted by atomic mass is 9.90. The van der Waals surface area contributed by atoms with Crippen molar-refractivity contribution in [2.75, 3.05) is 6.54 Å². The third-order valence-corrected chi connectivity index (χ3v) is 4.94. The highest BCUT2D eigenvalue weighted by Gasteiger charge is 2.27. The first kappa shape index (κ1) is 14.2. The van der Waals surface area contributed by atoms with Crippen molar-refractivity contribution in [3.8, 4) is 10.6 Å². The zero-order valence-corrected chi connectivity index (χ0v) is 12.9. The maximum atomic E-state index is 12.1. The van der Waals surface area contributed by atoms with Crippen molar-refractivity contribution in [1.29, 1.82) is 0 Å². The van der Waals surface area contributed by atoms with Gasteiger partial charge in [-0.05, 0) is 37.8 Å². The zero-order chi connectivity index (χ0) is 14.7. The highest BCUT2D eigenvalue weighted by atomic mass is 32.1. The van der Waals surface area contributed by atoms with E-state index in [4.69, 9.17) is 4.98 Å². The van der Waals surface area contributed by atoms with Crippen molar-refractivity contribution < 1.29 is 4.79 Å². The van der Waals surface area contributed by atoms with Gasteiger partial charge in [-0.15, -0.1) is 11.3 Å². The topological polar surface area (TPSA) is 54.9 Å². The van der Waals surface area contributed by atoms with E-state index >= 15 is 0 Å². The summed E-state index contributed by atoms with van der Waals surface area (Å²) >= 11 is 1.70. The number of aryl methyl sites for hydroxylation is 1. The minimum Gasteiger partial charge on any atom is -0.356 e. The molecule has 1 amide bonds. The maximum absolute atomic E-state index is 12.1. The largest absolute Gasteiger partial charge is 0.356 e. The van der Waals surface area contributed by atoms with Gasteiger partial charge in [-0.25, -0.2) is 4.98 Å². The van der Waals surface area contributed by atoms with E-state index in [0.29, 0.717) is 0 Å². The predicted octanol–water partition coefficient (Wildman–Crippen LogP) is 2.84. The summed E-state index contributed by atoms with van der Waals surface area (Å²) in [5, 5.41) is 4.02. The molecule has 2 aromatic heterocycles. The molecule has 0 radical (unpaired) electrons. The molecule has 0 saturated heterocycles. The molecular weight excluding hydrogens is 282 g/mol. The van der Waals surface area contributed by atoms with Gasteiger partial charge in [0.05, 0.1) is 5.69 Å². The summed E-state index contributed by atoms with van der Waals surface area (Å²) in [6.45, 7) is 2.84. The molecule has 2 heterocycles. The third-order valence-electron chi connectivity index (χ3n) is 3.77. The molecule has 3 rings (SSSR count). The molecular formula is C16H19N3OS. The van der Waals surface area contributed by atoms with Gasteiger partial charge in [0, 0.05) is 35.3 Å². The molecule has 1 unspecified atom stereocenters. The summed E-state index contributed by atoms with van der Waals surface area (Å²) in [6, 6.07) is 3.96. The third kappa shape index (κ3) is 3.13. The monoisotopic (exact) mass is 301 g/mol. The number of pyridine rings is 1. The van der Waals surface area contributed by atoms with Gasteiger partial charge in [-0.1, -0.05) is 6.92 Å². The Labute approximate surface area is 128 Å². The Morgan fingerprint density at radius 2 is 2.43 bits per heavy atom. The molecule has 5 heteroatoms. The van der Waals surface area contributed by atoms with Crippen LogP contribution in [-0.4, -0.2) is 22.4 Å². The molecule has 1 aliphatic rings. The Hall–Kier alpha value is -1.75. The molecule has 0 aromatic carbocycles. The number of amides is 1. The van der Waals surface area contributed by atoms with E-state index in [1.165, 1.54) is 10.6 Å². The Balaban J connectivity index is 1.75. The van der Waals surface area contributed by atoms with Gasteiger partial charge in [0.2, 0.25) is 5.91 Å². The van der Waals surface area contributed by atoms with Gasteiger partial charge >= 0.3 is 0 Å². The molecule has 1 atom stereocenters. The van der Waals surface area contributed by atoms with Gasteiger partial charge in [0.15, 0.2) is 0 Å². The lowest BCUT2D eigenvalue weighted by Gasteiger charge is -2.20. The van der Waals surface area contributed by atoms with E-state index in [1.807, 2.05) is 18.3 Å². The first-order chi connectivity index (χ1) is 10.3. The molecule has 4 nitrogen and oxygen atoms in total. The second kappa shape index (κ2) is 6.35. The minimum atomic E-state index is 0.103. The number of fused-ring (bicyclic) bond motifs is 1. The van der Waals surface area contributed by atoms with Crippen LogP contribution in [-0.2, 0) is 17.6 Å². The van der Waals surface area contributed by atoms with Crippen LogP contribution < -0.4 is 5.32 Å². The SMILES string of the molecule is CCCNC(=O)C1CCc2nc(-c3cccnc3)sc2C1. The Bertz CT molecular complexity index is 624. The maximum Gasteiger partial charge on any atom is 0.223 e. The highest BCUT2D eigenvalue weighted by molar-refractivity contribution is 7.15. The fraction of sp³-hybridized carbons (Fsp3) is 0.438. The molecule has 1 N–H and O–H groups in total. The van der Waals surface area contributed by atoms with Gasteiger partial charge in [0.25, 0.3) is 0 Å². The lowest BCUT2D eigenvalue weighted by Crippen LogP contribution is -2.34. The van der Waals surface area contributed by atoms with E-state index in [-0.39, 0.29) is 11.8 Å². The number of hydrogen-bond donors (Lipinski definition) is 1. The van der Waals surface area contributed by atoms with Crippen LogP contribution in [0, 0.1) is 5.92 Å². The van der Waals surface area contributed by atoms with E-state index in [1.54, 1.807) is 17.5 Å². The molecule has 0 aliphatic heterocycles. The zero-order valence-electron chi connectivity index (χ0n) is 12.1. The number of rotatable bonds is 4. The van der Waals surface area contributed by atoms with Crippen LogP contribution in [0.4, 0.5) is 0 Å². The summed E-state index contributed by atoms with van der Waals surface area (Å²) in [6.07, 6.45) is 7.22. The van der Waals surface area contributed by atoms with Crippen LogP contribution in [0.2, 0.25) is 0 Å². The van der Waals surface area contributed by atoms with Crippen molar-refractivity contribution in [2.24, 2.45) is 5.92 Å². The summed E-state index contributed by atoms with van der Waals surface area (Å²) < 4.78 is 0. The molecule has 2 aromatic rings. The van der Waals surface area contributed by atoms with E-state index in [9.17, 15) is 4.79 Å². The molecule has 21 heavy (non-hydrogen) atoms. The molecule has 110 valence electrons. The standard InChI is InChI=1S/C16H19N3OS/c1-2-7-18-15(20)11-5-6-13-14(9-11)21-16(19-13)12-4-3-8-17-10-12/h3-4,8,10-11H,2,5-7,9H2,1H3,(H,18,20). The smallest absolute Gasteiger partial charge is 0.223 e. The average Bonchev–Trinajstić information content (AvgIpc) is 2.96. The van der Waals surface area contributed by atoms with Crippen LogP contribution in [0.3, 0.4) is 0 Å². The van der Waals surface area contributed by atoms with E-state index in [2.05, 4.69) is 17.2 Å². The number of thiazole rings is 1. The Morgan fingerprint density at radius 3 is 3.19 bits per heavy atom. The fourth-order valence-electron chi connectivity index (χ4n) is 2.60. The molecule has 0 spiro atoms. The average molecular weight is 301 g/mol. The van der Waals surface area contributed by atoms with E-state index in [0.717, 1.165) is 42.8 Å². The van der Waals surface area contributed by atoms with Crippen molar-refractivity contribution in [3.63, 3.8) is 0 Å². The van der Waals surface area contributed by atoms with Crippen molar-refractivity contribution in [2.45, 2.75) is 32.6 Å². The second-order valence-electron chi connectivity index (χ2n) is 5.36. The quantitative estimate of drug-likeness (QED) is 0.944. The van der Waals surface area contributed by atoms with Gasteiger partial charge in [0.1, 0.15) is 5.01 Å². The Kier molecular flexibility index (Phi) is 4.29. The first-order valence-corrected chi connectivity index (χ1v) is 8.26. The van der Waals surface area contributed by atoms with Crippen molar-refractivity contribution in [1.82, 2.24) is 15.3 Å². The van der Waals surface area contributed by atoms with Gasteiger partial charge in [-0.3, -0.25) is 9.78 Å². The predicted molar refractivity (Wildman–Crippen MR) is 84.2 cm³/mol. The summed E-state index contributed by atoms with van der Waals surface area (Å²) in [5.41, 5.74) is 2.22. The number of carbonyl (C=O) groups excluding carboxylic acids is 1. The number of nitrogens with zero attached hydrogens (tertiary/aromatic N) is 2. The number of aromatic nitrogens is 2. The Morgan fingerprint density at radius 1 is 1.52 bits per heavy atom. The van der Waals surface area contributed by atoms with Crippen LogP contribution in [0.1, 0.15) is 30.3 Å². The number of nitrogens with one attached hydrogen (secondary N) is 1. The van der Waals surface area contributed by atoms with Crippen LogP contribution in [0.25, 0.3) is 10.6 Å². The summed E-state index contributed by atoms with van der Waals surface area (Å²) in [4.78, 5) is 22.2. The lowest BCUT2D eigenvalue weighted by molar-refractivity contribution is -0.125. The molecule has 0 fully saturated rings. The van der Waals surface area contributed by atoms with Crippen LogP contribution >= 0.6 is 11.3 Å². The molecule has 0 bridgehead atoms. The van der Waals surface area contributed by atoms with Gasteiger partial charge < -0.3 is 5.32 Å². The van der Waals surface area contributed by atoms with Crippen LogP contribution in [0.5, 0.6) is 0 Å². The van der Waals surface area contributed by atoms with E-state index < -0.39 is 0 Å². The number of hydrogen-bond acceptors (Lipinski definition) is 4. The normalized spacial score (nSPS) is 17.3. The summed E-state index contributed by atoms with van der Waals surface area (Å²) in [7, 11) is 0. The van der Waals surface area contributed by atoms with Gasteiger partial charge in [-0.2, -0.15) is 0 Å². The minimum absolute atomic E-state index is 0.103. The fourth-order valence-corrected chi connectivity index (χ4v) is 3.78. The molecule has 1 aliphatic carbocycles. The number of carbonyl (C=O) groups is 1. The highest BCUT2D eigenvalue weighted by Crippen LogP contribution is 2.34. The molecule has 0 saturated carbocycles. The second-order valence-corrected chi connectivity index (χ2v) is 6.44. The van der Waals surface area contributed by atoms with Crippen molar-refractivity contribution in [3.05, 3.63) is 35.1 Å². The van der Waals surface area contributed by atoms with Crippen molar-refractivity contribution >= 4 is 17.2 Å². The van der Waals surface area contributed by atoms with Crippen LogP contribution in [0.15, 0.2) is 24.5 Å².